The molecule has 1 aromatic rings. The second-order valence-corrected chi connectivity index (χ2v) is 8.11. The molecule has 7 heteroatoms. The fourth-order valence-electron chi connectivity index (χ4n) is 4.05. The lowest BCUT2D eigenvalue weighted by Gasteiger charge is -2.26. The van der Waals surface area contributed by atoms with Crippen LogP contribution in [0.25, 0.3) is 0 Å². The summed E-state index contributed by atoms with van der Waals surface area (Å²) in [6, 6.07) is 8.83. The first-order valence-corrected chi connectivity index (χ1v) is 11.3. The van der Waals surface area contributed by atoms with Gasteiger partial charge in [-0.2, -0.15) is 0 Å². The van der Waals surface area contributed by atoms with E-state index in [0.717, 1.165) is 45.0 Å². The number of nitrogens with zero attached hydrogens (tertiary/aromatic N) is 3. The van der Waals surface area contributed by atoms with E-state index in [2.05, 4.69) is 51.7 Å². The van der Waals surface area contributed by atoms with E-state index in [4.69, 9.17) is 0 Å². The minimum Gasteiger partial charge on any atom is -0.357 e. The molecule has 0 radical (unpaired) electrons. The quantitative estimate of drug-likeness (QED) is 0.309. The number of likely N-dealkylation sites (tertiary alicyclic amines) is 2. The van der Waals surface area contributed by atoms with Crippen LogP contribution in [-0.2, 0) is 17.9 Å². The van der Waals surface area contributed by atoms with E-state index in [9.17, 15) is 4.79 Å². The van der Waals surface area contributed by atoms with Crippen molar-refractivity contribution in [2.45, 2.75) is 58.5 Å². The van der Waals surface area contributed by atoms with Crippen molar-refractivity contribution in [3.63, 3.8) is 0 Å². The molecule has 168 valence electrons. The first-order valence-electron chi connectivity index (χ1n) is 11.3. The van der Waals surface area contributed by atoms with Crippen LogP contribution in [0, 0.1) is 0 Å². The largest absolute Gasteiger partial charge is 0.357 e. The highest BCUT2D eigenvalue weighted by atomic mass is 127. The summed E-state index contributed by atoms with van der Waals surface area (Å²) in [5, 5.41) is 6.56. The summed E-state index contributed by atoms with van der Waals surface area (Å²) in [6.07, 6.45) is 6.84. The molecule has 1 aromatic carbocycles. The number of hydrogen-bond donors (Lipinski definition) is 2. The number of rotatable bonds is 8. The van der Waals surface area contributed by atoms with Crippen LogP contribution in [0.5, 0.6) is 0 Å². The number of carbonyl (C=O) groups excluding carboxylic acids is 1. The maximum Gasteiger partial charge on any atom is 0.224 e. The monoisotopic (exact) mass is 527 g/mol. The van der Waals surface area contributed by atoms with E-state index in [-0.39, 0.29) is 29.9 Å². The number of aliphatic imine (C=N–C) groups is 1. The van der Waals surface area contributed by atoms with Gasteiger partial charge < -0.3 is 15.5 Å². The third kappa shape index (κ3) is 8.41. The number of carbonyl (C=O) groups is 1. The van der Waals surface area contributed by atoms with Gasteiger partial charge in [0.2, 0.25) is 5.91 Å². The van der Waals surface area contributed by atoms with Gasteiger partial charge in [0.15, 0.2) is 5.96 Å². The van der Waals surface area contributed by atoms with Crippen molar-refractivity contribution in [1.29, 1.82) is 0 Å². The number of piperidine rings is 1. The van der Waals surface area contributed by atoms with Gasteiger partial charge in [0.25, 0.3) is 0 Å². The van der Waals surface area contributed by atoms with Gasteiger partial charge in [-0.1, -0.05) is 30.7 Å². The molecule has 0 spiro atoms. The first-order chi connectivity index (χ1) is 14.2. The summed E-state index contributed by atoms with van der Waals surface area (Å²) < 4.78 is 0. The summed E-state index contributed by atoms with van der Waals surface area (Å²) in [5.74, 6) is 1.02. The van der Waals surface area contributed by atoms with Gasteiger partial charge in [-0.25, -0.2) is 4.99 Å². The summed E-state index contributed by atoms with van der Waals surface area (Å²) >= 11 is 0. The standard InChI is InChI=1S/C23H37N5O.HI/c1-2-24-23(25-13-12-22(29)28-16-6-7-17-28)26-18-20-8-10-21(11-9-20)19-27-14-4-3-5-15-27;/h8-11H,2-7,12-19H2,1H3,(H2,24,25,26);1H. The predicted molar refractivity (Wildman–Crippen MR) is 134 cm³/mol. The molecule has 0 unspecified atom stereocenters. The molecule has 0 aromatic heterocycles. The second-order valence-electron chi connectivity index (χ2n) is 8.11. The zero-order chi connectivity index (χ0) is 20.3. The van der Waals surface area contributed by atoms with E-state index < -0.39 is 0 Å². The molecule has 2 N–H and O–H groups in total. The molecule has 3 rings (SSSR count). The van der Waals surface area contributed by atoms with Gasteiger partial charge in [0, 0.05) is 39.1 Å². The third-order valence-corrected chi connectivity index (χ3v) is 5.73. The Morgan fingerprint density at radius 3 is 2.23 bits per heavy atom. The van der Waals surface area contributed by atoms with Crippen LogP contribution < -0.4 is 10.6 Å². The Labute approximate surface area is 198 Å². The Balaban J connectivity index is 0.00000320. The van der Waals surface area contributed by atoms with E-state index in [1.807, 2.05) is 4.90 Å². The van der Waals surface area contributed by atoms with Crippen LogP contribution in [0.15, 0.2) is 29.3 Å². The van der Waals surface area contributed by atoms with Gasteiger partial charge in [-0.15, -0.1) is 24.0 Å². The molecule has 0 bridgehead atoms. The molecular weight excluding hydrogens is 489 g/mol. The Hall–Kier alpha value is -1.35. The maximum atomic E-state index is 12.2. The van der Waals surface area contributed by atoms with Gasteiger partial charge >= 0.3 is 0 Å². The molecule has 2 saturated heterocycles. The van der Waals surface area contributed by atoms with E-state index in [1.165, 1.54) is 43.5 Å². The Morgan fingerprint density at radius 1 is 0.933 bits per heavy atom. The van der Waals surface area contributed by atoms with Crippen LogP contribution in [0.4, 0.5) is 0 Å². The van der Waals surface area contributed by atoms with Crippen molar-refractivity contribution >= 4 is 35.8 Å². The Kier molecular flexibility index (Phi) is 11.5. The molecule has 30 heavy (non-hydrogen) atoms. The van der Waals surface area contributed by atoms with Crippen LogP contribution >= 0.6 is 24.0 Å². The lowest BCUT2D eigenvalue weighted by molar-refractivity contribution is -0.129. The van der Waals surface area contributed by atoms with E-state index in [0.29, 0.717) is 19.5 Å². The molecule has 2 fully saturated rings. The highest BCUT2D eigenvalue weighted by Gasteiger charge is 2.17. The van der Waals surface area contributed by atoms with Gasteiger partial charge in [0.1, 0.15) is 0 Å². The highest BCUT2D eigenvalue weighted by Crippen LogP contribution is 2.14. The average molecular weight is 527 g/mol. The van der Waals surface area contributed by atoms with Crippen LogP contribution in [0.3, 0.4) is 0 Å². The maximum absolute atomic E-state index is 12.2. The average Bonchev–Trinajstić information content (AvgIpc) is 3.29. The van der Waals surface area contributed by atoms with Crippen LogP contribution in [-0.4, -0.2) is 60.9 Å². The fourth-order valence-corrected chi connectivity index (χ4v) is 4.05. The topological polar surface area (TPSA) is 60.0 Å². The van der Waals surface area contributed by atoms with Crippen molar-refractivity contribution in [3.8, 4) is 0 Å². The Bertz CT molecular complexity index is 652. The SMILES string of the molecule is CCNC(=NCc1ccc(CN2CCCCC2)cc1)NCCC(=O)N1CCCC1.I. The summed E-state index contributed by atoms with van der Waals surface area (Å²) in [7, 11) is 0. The minimum absolute atomic E-state index is 0. The lowest BCUT2D eigenvalue weighted by Crippen LogP contribution is -2.39. The molecule has 0 aliphatic carbocycles. The third-order valence-electron chi connectivity index (χ3n) is 5.73. The number of guanidine groups is 1. The molecule has 2 aliphatic rings. The smallest absolute Gasteiger partial charge is 0.224 e. The van der Waals surface area contributed by atoms with E-state index in [1.54, 1.807) is 0 Å². The van der Waals surface area contributed by atoms with Crippen molar-refractivity contribution in [1.82, 2.24) is 20.4 Å². The van der Waals surface area contributed by atoms with Crippen LogP contribution in [0.2, 0.25) is 0 Å². The molecule has 1 amide bonds. The number of hydrogen-bond acceptors (Lipinski definition) is 3. The van der Waals surface area contributed by atoms with Gasteiger partial charge in [-0.3, -0.25) is 9.69 Å². The zero-order valence-corrected chi connectivity index (χ0v) is 20.7. The first kappa shape index (κ1) is 24.9. The predicted octanol–water partition coefficient (Wildman–Crippen LogP) is 3.36. The number of amides is 1. The highest BCUT2D eigenvalue weighted by molar-refractivity contribution is 14.0. The zero-order valence-electron chi connectivity index (χ0n) is 18.4. The molecule has 6 nitrogen and oxygen atoms in total. The van der Waals surface area contributed by atoms with Crippen molar-refractivity contribution in [2.75, 3.05) is 39.3 Å². The summed E-state index contributed by atoms with van der Waals surface area (Å²) in [4.78, 5) is 21.4. The normalized spacial score (nSPS) is 17.5. The lowest BCUT2D eigenvalue weighted by atomic mass is 10.1. The molecule has 0 saturated carbocycles. The summed E-state index contributed by atoms with van der Waals surface area (Å²) in [6.45, 7) is 9.46. The molecular formula is C23H38IN5O. The number of halogens is 1. The number of nitrogens with one attached hydrogen (secondary N) is 2. The summed E-state index contributed by atoms with van der Waals surface area (Å²) in [5.41, 5.74) is 2.59. The van der Waals surface area contributed by atoms with Gasteiger partial charge in [-0.05, 0) is 56.8 Å². The second kappa shape index (κ2) is 13.9. The fraction of sp³-hybridized carbons (Fsp3) is 0.652. The van der Waals surface area contributed by atoms with Crippen LogP contribution in [0.1, 0.15) is 56.6 Å². The van der Waals surface area contributed by atoms with Gasteiger partial charge in [0.05, 0.1) is 6.54 Å². The molecule has 2 aliphatic heterocycles. The van der Waals surface area contributed by atoms with Crippen molar-refractivity contribution in [3.05, 3.63) is 35.4 Å². The Morgan fingerprint density at radius 2 is 1.57 bits per heavy atom. The van der Waals surface area contributed by atoms with Crippen molar-refractivity contribution < 1.29 is 4.79 Å². The minimum atomic E-state index is 0. The molecule has 2 heterocycles. The molecule has 0 atom stereocenters. The van der Waals surface area contributed by atoms with E-state index >= 15 is 0 Å². The van der Waals surface area contributed by atoms with Crippen molar-refractivity contribution in [2.24, 2.45) is 4.99 Å². The number of benzene rings is 1.